The van der Waals surface area contributed by atoms with Crippen LogP contribution in [0.1, 0.15) is 38.5 Å². The third-order valence-corrected chi connectivity index (χ3v) is 3.79. The highest BCUT2D eigenvalue weighted by atomic mass is 19.1. The third kappa shape index (κ3) is 2.09. The number of piperidine rings is 2. The fraction of sp³-hybridized carbons (Fsp3) is 1.00. The first kappa shape index (κ1) is 10.4. The number of nitrogens with two attached hydrogens (primary N) is 1. The van der Waals surface area contributed by atoms with E-state index in [1.807, 2.05) is 0 Å². The van der Waals surface area contributed by atoms with Crippen LogP contribution in [0.5, 0.6) is 0 Å². The normalized spacial score (nSPS) is 39.4. The Kier molecular flexibility index (Phi) is 3.07. The van der Waals surface area contributed by atoms with E-state index in [0.717, 1.165) is 13.0 Å². The van der Waals surface area contributed by atoms with Crippen molar-refractivity contribution in [3.63, 3.8) is 0 Å². The van der Waals surface area contributed by atoms with Crippen LogP contribution in [0, 0.1) is 0 Å². The largest absolute Gasteiger partial charge is 0.330 e. The molecule has 2 heterocycles. The molecule has 0 aromatic carbocycles. The Hall–Kier alpha value is -0.150. The second-order valence-corrected chi connectivity index (χ2v) is 4.83. The summed E-state index contributed by atoms with van der Waals surface area (Å²) in [6.07, 6.45) is 5.74. The summed E-state index contributed by atoms with van der Waals surface area (Å²) in [7, 11) is 0. The molecule has 2 atom stereocenters. The number of hydrogen-bond acceptors (Lipinski definition) is 2. The van der Waals surface area contributed by atoms with Gasteiger partial charge in [0.2, 0.25) is 0 Å². The summed E-state index contributed by atoms with van der Waals surface area (Å²) >= 11 is 0. The average molecular weight is 200 g/mol. The molecule has 14 heavy (non-hydrogen) atoms. The van der Waals surface area contributed by atoms with Crippen LogP contribution in [-0.4, -0.2) is 36.2 Å². The van der Waals surface area contributed by atoms with Gasteiger partial charge in [0.1, 0.15) is 5.67 Å². The molecule has 2 saturated heterocycles. The molecule has 2 aliphatic rings. The van der Waals surface area contributed by atoms with Crippen molar-refractivity contribution in [2.75, 3.05) is 19.6 Å². The summed E-state index contributed by atoms with van der Waals surface area (Å²) in [4.78, 5) is 2.47. The van der Waals surface area contributed by atoms with Crippen molar-refractivity contribution in [3.8, 4) is 0 Å². The molecule has 0 saturated carbocycles. The lowest BCUT2D eigenvalue weighted by molar-refractivity contribution is -0.00231. The minimum Gasteiger partial charge on any atom is -0.330 e. The van der Waals surface area contributed by atoms with Crippen LogP contribution in [0.3, 0.4) is 0 Å². The Morgan fingerprint density at radius 1 is 1.36 bits per heavy atom. The number of nitrogens with zero attached hydrogens (tertiary/aromatic N) is 1. The van der Waals surface area contributed by atoms with Crippen LogP contribution < -0.4 is 5.73 Å². The lowest BCUT2D eigenvalue weighted by Crippen LogP contribution is -2.51. The molecule has 2 aliphatic heterocycles. The standard InChI is InChI=1S/C11H21FN2/c12-11(4-6-13)5-8-14-7-2-1-3-10(14)9-11/h10H,1-9,13H2. The highest BCUT2D eigenvalue weighted by Gasteiger charge is 2.39. The first-order valence-corrected chi connectivity index (χ1v) is 5.87. The summed E-state index contributed by atoms with van der Waals surface area (Å²) in [5.74, 6) is 0. The number of rotatable bonds is 2. The van der Waals surface area contributed by atoms with E-state index >= 15 is 0 Å². The zero-order chi connectivity index (χ0) is 10.0. The molecule has 0 bridgehead atoms. The van der Waals surface area contributed by atoms with Gasteiger partial charge in [-0.2, -0.15) is 0 Å². The Morgan fingerprint density at radius 3 is 3.00 bits per heavy atom. The number of alkyl halides is 1. The van der Waals surface area contributed by atoms with E-state index in [4.69, 9.17) is 5.73 Å². The van der Waals surface area contributed by atoms with Crippen LogP contribution in [0.15, 0.2) is 0 Å². The smallest absolute Gasteiger partial charge is 0.115 e. The lowest BCUT2D eigenvalue weighted by atomic mass is 9.82. The quantitative estimate of drug-likeness (QED) is 0.735. The van der Waals surface area contributed by atoms with Crippen LogP contribution in [-0.2, 0) is 0 Å². The van der Waals surface area contributed by atoms with E-state index in [1.165, 1.54) is 25.8 Å². The van der Waals surface area contributed by atoms with Gasteiger partial charge < -0.3 is 10.6 Å². The van der Waals surface area contributed by atoms with Crippen molar-refractivity contribution in [2.24, 2.45) is 5.73 Å². The number of hydrogen-bond donors (Lipinski definition) is 1. The van der Waals surface area contributed by atoms with E-state index < -0.39 is 5.67 Å². The molecule has 2 nitrogen and oxygen atoms in total. The van der Waals surface area contributed by atoms with Gasteiger partial charge in [0.25, 0.3) is 0 Å². The molecule has 3 heteroatoms. The van der Waals surface area contributed by atoms with Gasteiger partial charge in [-0.15, -0.1) is 0 Å². The first-order valence-electron chi connectivity index (χ1n) is 5.87. The van der Waals surface area contributed by atoms with Crippen molar-refractivity contribution >= 4 is 0 Å². The van der Waals surface area contributed by atoms with Crippen molar-refractivity contribution in [3.05, 3.63) is 0 Å². The molecule has 0 radical (unpaired) electrons. The molecule has 0 aromatic heterocycles. The van der Waals surface area contributed by atoms with Crippen molar-refractivity contribution in [1.82, 2.24) is 4.90 Å². The van der Waals surface area contributed by atoms with E-state index in [2.05, 4.69) is 4.90 Å². The van der Waals surface area contributed by atoms with Gasteiger partial charge in [0.05, 0.1) is 0 Å². The Morgan fingerprint density at radius 2 is 2.21 bits per heavy atom. The lowest BCUT2D eigenvalue weighted by Gasteiger charge is -2.45. The monoisotopic (exact) mass is 200 g/mol. The fourth-order valence-electron chi connectivity index (χ4n) is 2.94. The molecule has 82 valence electrons. The van der Waals surface area contributed by atoms with Gasteiger partial charge in [0, 0.05) is 12.6 Å². The van der Waals surface area contributed by atoms with Gasteiger partial charge in [-0.05, 0) is 45.2 Å². The van der Waals surface area contributed by atoms with Crippen LogP contribution in [0.2, 0.25) is 0 Å². The predicted octanol–water partition coefficient (Wildman–Crippen LogP) is 1.69. The van der Waals surface area contributed by atoms with Crippen molar-refractivity contribution in [2.45, 2.75) is 50.2 Å². The minimum absolute atomic E-state index is 0.489. The maximum Gasteiger partial charge on any atom is 0.115 e. The zero-order valence-corrected chi connectivity index (χ0v) is 8.84. The predicted molar refractivity (Wildman–Crippen MR) is 56.0 cm³/mol. The highest BCUT2D eigenvalue weighted by molar-refractivity contribution is 4.93. The van der Waals surface area contributed by atoms with Crippen LogP contribution in [0.25, 0.3) is 0 Å². The van der Waals surface area contributed by atoms with Gasteiger partial charge in [-0.1, -0.05) is 6.42 Å². The third-order valence-electron chi connectivity index (χ3n) is 3.79. The Bertz CT molecular complexity index is 198. The SMILES string of the molecule is NCCC1(F)CCN2CCCCC2C1. The van der Waals surface area contributed by atoms with Crippen LogP contribution >= 0.6 is 0 Å². The van der Waals surface area contributed by atoms with Gasteiger partial charge in [-0.25, -0.2) is 4.39 Å². The molecular weight excluding hydrogens is 179 g/mol. The van der Waals surface area contributed by atoms with Gasteiger partial charge >= 0.3 is 0 Å². The molecule has 0 spiro atoms. The number of fused-ring (bicyclic) bond motifs is 1. The second-order valence-electron chi connectivity index (χ2n) is 4.83. The molecule has 0 aliphatic carbocycles. The molecule has 2 unspecified atom stereocenters. The summed E-state index contributed by atoms with van der Waals surface area (Å²) in [5.41, 5.74) is 4.51. The molecule has 2 N–H and O–H groups in total. The van der Waals surface area contributed by atoms with Gasteiger partial charge in [-0.3, -0.25) is 0 Å². The highest BCUT2D eigenvalue weighted by Crippen LogP contribution is 2.36. The molecule has 2 fully saturated rings. The topological polar surface area (TPSA) is 29.3 Å². The first-order chi connectivity index (χ1) is 6.73. The summed E-state index contributed by atoms with van der Waals surface area (Å²) in [5, 5.41) is 0. The minimum atomic E-state index is -0.951. The molecule has 2 rings (SSSR count). The van der Waals surface area contributed by atoms with Crippen molar-refractivity contribution in [1.29, 1.82) is 0 Å². The second kappa shape index (κ2) is 4.15. The maximum absolute atomic E-state index is 14.2. The zero-order valence-electron chi connectivity index (χ0n) is 8.84. The van der Waals surface area contributed by atoms with Crippen molar-refractivity contribution < 1.29 is 4.39 Å². The summed E-state index contributed by atoms with van der Waals surface area (Å²) in [6.45, 7) is 2.62. The maximum atomic E-state index is 14.2. The van der Waals surface area contributed by atoms with Gasteiger partial charge in [0.15, 0.2) is 0 Å². The summed E-state index contributed by atoms with van der Waals surface area (Å²) < 4.78 is 14.2. The fourth-order valence-corrected chi connectivity index (χ4v) is 2.94. The van der Waals surface area contributed by atoms with Crippen LogP contribution in [0.4, 0.5) is 4.39 Å². The number of halogens is 1. The molecular formula is C11H21FN2. The summed E-state index contributed by atoms with van der Waals surface area (Å²) in [6, 6.07) is 0.508. The van der Waals surface area contributed by atoms with E-state index in [9.17, 15) is 4.39 Å². The Labute approximate surface area is 85.6 Å². The van der Waals surface area contributed by atoms with E-state index in [0.29, 0.717) is 25.4 Å². The molecule has 0 amide bonds. The van der Waals surface area contributed by atoms with E-state index in [1.54, 1.807) is 0 Å². The average Bonchev–Trinajstić information content (AvgIpc) is 2.17. The molecule has 0 aromatic rings. The van der Waals surface area contributed by atoms with E-state index in [-0.39, 0.29) is 0 Å². The Balaban J connectivity index is 1.94.